The van der Waals surface area contributed by atoms with Crippen molar-refractivity contribution in [3.63, 3.8) is 0 Å². The first-order valence-corrected chi connectivity index (χ1v) is 8.07. The van der Waals surface area contributed by atoms with E-state index in [1.165, 1.54) is 38.5 Å². The zero-order chi connectivity index (χ0) is 13.1. The lowest BCUT2D eigenvalue weighted by molar-refractivity contribution is -0.135. The number of piperazine rings is 1. The molecule has 108 valence electrons. The molecule has 1 saturated carbocycles. The van der Waals surface area contributed by atoms with Crippen LogP contribution in [0.2, 0.25) is 0 Å². The molecule has 2 saturated heterocycles. The van der Waals surface area contributed by atoms with Gasteiger partial charge >= 0.3 is 0 Å². The predicted molar refractivity (Wildman–Crippen MR) is 76.1 cm³/mol. The molecule has 2 aliphatic heterocycles. The monoisotopic (exact) mass is 265 g/mol. The van der Waals surface area contributed by atoms with Gasteiger partial charge in [-0.05, 0) is 38.8 Å². The van der Waals surface area contributed by atoms with Crippen LogP contribution in [0.5, 0.6) is 0 Å². The summed E-state index contributed by atoms with van der Waals surface area (Å²) in [7, 11) is 0. The Morgan fingerprint density at radius 3 is 2.11 bits per heavy atom. The van der Waals surface area contributed by atoms with E-state index in [0.717, 1.165) is 45.3 Å². The minimum atomic E-state index is 0.357. The first kappa shape index (κ1) is 13.4. The van der Waals surface area contributed by atoms with Gasteiger partial charge in [-0.25, -0.2) is 0 Å². The molecular weight excluding hydrogens is 238 g/mol. The highest BCUT2D eigenvalue weighted by molar-refractivity contribution is 5.78. The van der Waals surface area contributed by atoms with Gasteiger partial charge in [-0.15, -0.1) is 0 Å². The van der Waals surface area contributed by atoms with Crippen LogP contribution in [0.1, 0.15) is 38.5 Å². The summed E-state index contributed by atoms with van der Waals surface area (Å²) >= 11 is 0. The molecular formula is C15H27N3O. The van der Waals surface area contributed by atoms with Crippen molar-refractivity contribution < 1.29 is 4.79 Å². The highest BCUT2D eigenvalue weighted by Gasteiger charge is 2.29. The zero-order valence-corrected chi connectivity index (χ0v) is 12.0. The summed E-state index contributed by atoms with van der Waals surface area (Å²) in [6, 6.07) is 0.833. The maximum atomic E-state index is 12.3. The molecule has 0 spiro atoms. The van der Waals surface area contributed by atoms with E-state index in [-0.39, 0.29) is 0 Å². The van der Waals surface area contributed by atoms with Gasteiger partial charge in [0, 0.05) is 32.2 Å². The summed E-state index contributed by atoms with van der Waals surface area (Å²) in [5, 5.41) is 0. The van der Waals surface area contributed by atoms with Crippen molar-refractivity contribution in [2.24, 2.45) is 0 Å². The van der Waals surface area contributed by atoms with Crippen molar-refractivity contribution in [2.45, 2.75) is 44.6 Å². The number of nitrogens with zero attached hydrogens (tertiary/aromatic N) is 3. The Morgan fingerprint density at radius 2 is 1.53 bits per heavy atom. The van der Waals surface area contributed by atoms with Gasteiger partial charge in [-0.1, -0.05) is 12.8 Å². The van der Waals surface area contributed by atoms with Crippen LogP contribution >= 0.6 is 0 Å². The van der Waals surface area contributed by atoms with Gasteiger partial charge in [0.1, 0.15) is 0 Å². The van der Waals surface area contributed by atoms with Crippen LogP contribution < -0.4 is 0 Å². The summed E-state index contributed by atoms with van der Waals surface area (Å²) in [6.45, 7) is 6.98. The van der Waals surface area contributed by atoms with E-state index < -0.39 is 0 Å². The molecule has 0 radical (unpaired) electrons. The molecule has 1 amide bonds. The van der Waals surface area contributed by atoms with Gasteiger partial charge in [0.25, 0.3) is 0 Å². The van der Waals surface area contributed by atoms with Crippen LogP contribution in [0.15, 0.2) is 0 Å². The average molecular weight is 265 g/mol. The van der Waals surface area contributed by atoms with Gasteiger partial charge < -0.3 is 4.90 Å². The third kappa shape index (κ3) is 3.29. The fourth-order valence-electron chi connectivity index (χ4n) is 3.50. The fourth-order valence-corrected chi connectivity index (χ4v) is 3.50. The molecule has 0 N–H and O–H groups in total. The van der Waals surface area contributed by atoms with Crippen LogP contribution in [0.3, 0.4) is 0 Å². The Hall–Kier alpha value is -0.610. The summed E-state index contributed by atoms with van der Waals surface area (Å²) in [5.74, 6) is 0.357. The van der Waals surface area contributed by atoms with Gasteiger partial charge in [-0.2, -0.15) is 0 Å². The Labute approximate surface area is 116 Å². The molecule has 2 heterocycles. The van der Waals surface area contributed by atoms with Crippen molar-refractivity contribution in [1.82, 2.24) is 14.7 Å². The molecule has 0 atom stereocenters. The molecule has 0 aromatic rings. The summed E-state index contributed by atoms with van der Waals surface area (Å²) in [4.78, 5) is 19.3. The normalized spacial score (nSPS) is 27.3. The second kappa shape index (κ2) is 6.23. The zero-order valence-electron chi connectivity index (χ0n) is 12.0. The van der Waals surface area contributed by atoms with E-state index in [1.54, 1.807) is 0 Å². The number of piperidine rings is 1. The largest absolute Gasteiger partial charge is 0.339 e. The second-order valence-corrected chi connectivity index (χ2v) is 6.34. The molecule has 0 unspecified atom stereocenters. The van der Waals surface area contributed by atoms with Crippen LogP contribution in [0.25, 0.3) is 0 Å². The number of likely N-dealkylation sites (tertiary alicyclic amines) is 1. The number of amides is 1. The van der Waals surface area contributed by atoms with E-state index >= 15 is 0 Å². The Bertz CT molecular complexity index is 303. The molecule has 0 aromatic carbocycles. The molecule has 0 aromatic heterocycles. The molecule has 3 aliphatic rings. The van der Waals surface area contributed by atoms with Crippen LogP contribution in [0.4, 0.5) is 0 Å². The Morgan fingerprint density at radius 1 is 0.842 bits per heavy atom. The van der Waals surface area contributed by atoms with Crippen molar-refractivity contribution in [1.29, 1.82) is 0 Å². The Balaban J connectivity index is 1.41. The van der Waals surface area contributed by atoms with Crippen molar-refractivity contribution in [3.05, 3.63) is 0 Å². The molecule has 4 heteroatoms. The predicted octanol–water partition coefficient (Wildman–Crippen LogP) is 1.17. The van der Waals surface area contributed by atoms with E-state index in [4.69, 9.17) is 0 Å². The van der Waals surface area contributed by atoms with Crippen molar-refractivity contribution in [3.8, 4) is 0 Å². The SMILES string of the molecule is O=C(CN1CCCCC1)N1CCN(C2CCC2)CC1. The lowest BCUT2D eigenvalue weighted by atomic mass is 9.91. The van der Waals surface area contributed by atoms with E-state index in [0.29, 0.717) is 12.5 Å². The third-order valence-electron chi connectivity index (χ3n) is 5.07. The lowest BCUT2D eigenvalue weighted by Gasteiger charge is -2.43. The maximum absolute atomic E-state index is 12.3. The molecule has 3 rings (SSSR count). The number of hydrogen-bond acceptors (Lipinski definition) is 3. The van der Waals surface area contributed by atoms with E-state index in [1.807, 2.05) is 0 Å². The minimum Gasteiger partial charge on any atom is -0.339 e. The molecule has 0 bridgehead atoms. The fraction of sp³-hybridized carbons (Fsp3) is 0.933. The molecule has 4 nitrogen and oxygen atoms in total. The summed E-state index contributed by atoms with van der Waals surface area (Å²) in [6.07, 6.45) is 8.03. The lowest BCUT2D eigenvalue weighted by Crippen LogP contribution is -2.55. The maximum Gasteiger partial charge on any atom is 0.236 e. The third-order valence-corrected chi connectivity index (χ3v) is 5.07. The minimum absolute atomic E-state index is 0.357. The second-order valence-electron chi connectivity index (χ2n) is 6.34. The van der Waals surface area contributed by atoms with Gasteiger partial charge in [0.2, 0.25) is 5.91 Å². The number of carbonyl (C=O) groups is 1. The van der Waals surface area contributed by atoms with Crippen LogP contribution in [-0.2, 0) is 4.79 Å². The number of carbonyl (C=O) groups excluding carboxylic acids is 1. The van der Waals surface area contributed by atoms with Gasteiger partial charge in [-0.3, -0.25) is 14.6 Å². The van der Waals surface area contributed by atoms with Gasteiger partial charge in [0.15, 0.2) is 0 Å². The van der Waals surface area contributed by atoms with Crippen LogP contribution in [-0.4, -0.2) is 72.5 Å². The molecule has 3 fully saturated rings. The number of hydrogen-bond donors (Lipinski definition) is 0. The first-order chi connectivity index (χ1) is 9.33. The summed E-state index contributed by atoms with van der Waals surface area (Å²) < 4.78 is 0. The van der Waals surface area contributed by atoms with Gasteiger partial charge in [0.05, 0.1) is 6.54 Å². The van der Waals surface area contributed by atoms with Crippen molar-refractivity contribution in [2.75, 3.05) is 45.8 Å². The summed E-state index contributed by atoms with van der Waals surface area (Å²) in [5.41, 5.74) is 0. The average Bonchev–Trinajstić information content (AvgIpc) is 2.39. The first-order valence-electron chi connectivity index (χ1n) is 8.07. The van der Waals surface area contributed by atoms with Crippen molar-refractivity contribution >= 4 is 5.91 Å². The standard InChI is InChI=1S/C15H27N3O/c19-15(13-16-7-2-1-3-8-16)18-11-9-17(10-12-18)14-5-4-6-14/h14H,1-13H2. The molecule has 19 heavy (non-hydrogen) atoms. The van der Waals surface area contributed by atoms with E-state index in [2.05, 4.69) is 14.7 Å². The van der Waals surface area contributed by atoms with E-state index in [9.17, 15) is 4.79 Å². The number of rotatable bonds is 3. The quantitative estimate of drug-likeness (QED) is 0.766. The smallest absolute Gasteiger partial charge is 0.236 e. The molecule has 1 aliphatic carbocycles. The highest BCUT2D eigenvalue weighted by Crippen LogP contribution is 2.25. The van der Waals surface area contributed by atoms with Crippen LogP contribution in [0, 0.1) is 0 Å². The topological polar surface area (TPSA) is 26.8 Å². The highest BCUT2D eigenvalue weighted by atomic mass is 16.2. The Kier molecular flexibility index (Phi) is 4.38.